The Balaban J connectivity index is 1.98. The van der Waals surface area contributed by atoms with Gasteiger partial charge in [0.1, 0.15) is 4.32 Å². The first-order valence-corrected chi connectivity index (χ1v) is 7.32. The van der Waals surface area contributed by atoms with Crippen LogP contribution in [-0.2, 0) is 9.53 Å². The molecule has 1 saturated heterocycles. The molecule has 17 heavy (non-hydrogen) atoms. The molecular weight excluding hydrogens is 258 g/mol. The molecule has 1 fully saturated rings. The number of hydrogen-bond donors (Lipinski definition) is 2. The predicted octanol–water partition coefficient (Wildman–Crippen LogP) is 2.03. The molecule has 1 atom stereocenters. The van der Waals surface area contributed by atoms with Crippen LogP contribution in [0.2, 0.25) is 0 Å². The number of aliphatic carboxylic acids is 1. The third-order valence-corrected chi connectivity index (χ3v) is 3.91. The highest BCUT2D eigenvalue weighted by Crippen LogP contribution is 2.12. The Hall–Kier alpha value is -0.330. The quantitative estimate of drug-likeness (QED) is 0.572. The number of carboxylic acids is 1. The minimum Gasteiger partial charge on any atom is -0.481 e. The van der Waals surface area contributed by atoms with Crippen LogP contribution in [0.5, 0.6) is 0 Å². The summed E-state index contributed by atoms with van der Waals surface area (Å²) < 4.78 is 6.32. The van der Waals surface area contributed by atoms with E-state index in [1.54, 1.807) is 0 Å². The number of thiocarbonyl (C=S) groups is 1. The highest BCUT2D eigenvalue weighted by molar-refractivity contribution is 8.22. The summed E-state index contributed by atoms with van der Waals surface area (Å²) in [4.78, 5) is 10.3. The SMILES string of the molecule is O=C(O)CCCSC(=S)NCC1CCCCO1. The van der Waals surface area contributed by atoms with E-state index in [9.17, 15) is 4.79 Å². The number of rotatable bonds is 6. The predicted molar refractivity (Wildman–Crippen MR) is 73.5 cm³/mol. The van der Waals surface area contributed by atoms with E-state index in [1.165, 1.54) is 18.2 Å². The van der Waals surface area contributed by atoms with Crippen molar-refractivity contribution in [3.05, 3.63) is 0 Å². The highest BCUT2D eigenvalue weighted by atomic mass is 32.2. The van der Waals surface area contributed by atoms with Crippen LogP contribution in [-0.4, -0.2) is 40.4 Å². The molecular formula is C11H19NO3S2. The molecule has 0 aliphatic carbocycles. The first-order valence-electron chi connectivity index (χ1n) is 5.92. The van der Waals surface area contributed by atoms with Crippen molar-refractivity contribution >= 4 is 34.3 Å². The molecule has 1 heterocycles. The molecule has 4 nitrogen and oxygen atoms in total. The van der Waals surface area contributed by atoms with E-state index < -0.39 is 5.97 Å². The van der Waals surface area contributed by atoms with Gasteiger partial charge in [-0.1, -0.05) is 24.0 Å². The molecule has 0 aromatic rings. The normalized spacial score (nSPS) is 19.9. The van der Waals surface area contributed by atoms with Crippen LogP contribution in [0.4, 0.5) is 0 Å². The zero-order chi connectivity index (χ0) is 12.5. The van der Waals surface area contributed by atoms with Crippen LogP contribution in [0.3, 0.4) is 0 Å². The van der Waals surface area contributed by atoms with Crippen molar-refractivity contribution in [2.24, 2.45) is 0 Å². The van der Waals surface area contributed by atoms with Gasteiger partial charge in [-0.05, 0) is 25.7 Å². The third kappa shape index (κ3) is 7.57. The van der Waals surface area contributed by atoms with Crippen molar-refractivity contribution in [2.75, 3.05) is 18.9 Å². The van der Waals surface area contributed by atoms with E-state index in [1.807, 2.05) is 0 Å². The largest absolute Gasteiger partial charge is 0.481 e. The summed E-state index contributed by atoms with van der Waals surface area (Å²) in [5, 5.41) is 11.6. The number of thioether (sulfide) groups is 1. The lowest BCUT2D eigenvalue weighted by molar-refractivity contribution is -0.137. The molecule has 2 N–H and O–H groups in total. The second kappa shape index (κ2) is 8.72. The summed E-state index contributed by atoms with van der Waals surface area (Å²) in [5.41, 5.74) is 0. The molecule has 0 bridgehead atoms. The van der Waals surface area contributed by atoms with Crippen molar-refractivity contribution in [1.29, 1.82) is 0 Å². The van der Waals surface area contributed by atoms with Crippen LogP contribution in [0.1, 0.15) is 32.1 Å². The highest BCUT2D eigenvalue weighted by Gasteiger charge is 2.13. The van der Waals surface area contributed by atoms with Gasteiger partial charge in [-0.25, -0.2) is 0 Å². The van der Waals surface area contributed by atoms with E-state index in [2.05, 4.69) is 5.32 Å². The van der Waals surface area contributed by atoms with E-state index in [4.69, 9.17) is 22.1 Å². The molecule has 0 aromatic carbocycles. The Bertz CT molecular complexity index is 255. The monoisotopic (exact) mass is 277 g/mol. The summed E-state index contributed by atoms with van der Waals surface area (Å²) in [5.74, 6) is 0.00371. The van der Waals surface area contributed by atoms with Crippen molar-refractivity contribution in [2.45, 2.75) is 38.2 Å². The summed E-state index contributed by atoms with van der Waals surface area (Å²) in [7, 11) is 0. The molecule has 6 heteroatoms. The second-order valence-corrected chi connectivity index (χ2v) is 5.77. The van der Waals surface area contributed by atoms with Gasteiger partial charge in [-0.3, -0.25) is 4.79 Å². The van der Waals surface area contributed by atoms with Crippen LogP contribution < -0.4 is 5.32 Å². The third-order valence-electron chi connectivity index (χ3n) is 2.52. The number of carboxylic acid groups (broad SMARTS) is 1. The second-order valence-electron chi connectivity index (χ2n) is 4.00. The summed E-state index contributed by atoms with van der Waals surface area (Å²) >= 11 is 6.66. The number of ether oxygens (including phenoxy) is 1. The van der Waals surface area contributed by atoms with E-state index in [0.29, 0.717) is 6.42 Å². The van der Waals surface area contributed by atoms with Gasteiger partial charge in [0.25, 0.3) is 0 Å². The van der Waals surface area contributed by atoms with Crippen LogP contribution >= 0.6 is 24.0 Å². The fourth-order valence-electron chi connectivity index (χ4n) is 1.60. The Kier molecular flexibility index (Phi) is 7.55. The van der Waals surface area contributed by atoms with Gasteiger partial charge >= 0.3 is 5.97 Å². The molecule has 0 saturated carbocycles. The Morgan fingerprint density at radius 2 is 2.35 bits per heavy atom. The van der Waals surface area contributed by atoms with E-state index in [0.717, 1.165) is 36.1 Å². The standard InChI is InChI=1S/C11H19NO3S2/c13-10(14)5-3-7-17-11(16)12-8-9-4-1-2-6-15-9/h9H,1-8H2,(H,12,16)(H,13,14). The first-order chi connectivity index (χ1) is 8.18. The van der Waals surface area contributed by atoms with Crippen molar-refractivity contribution in [1.82, 2.24) is 5.32 Å². The summed E-state index contributed by atoms with van der Waals surface area (Å²) in [6, 6.07) is 0. The lowest BCUT2D eigenvalue weighted by Crippen LogP contribution is -2.33. The molecule has 1 aliphatic rings. The number of nitrogens with one attached hydrogen (secondary N) is 1. The van der Waals surface area contributed by atoms with Gasteiger partial charge < -0.3 is 15.2 Å². The molecule has 0 spiro atoms. The Labute approximate surface area is 111 Å². The average molecular weight is 277 g/mol. The van der Waals surface area contributed by atoms with Crippen LogP contribution in [0.15, 0.2) is 0 Å². The number of carbonyl (C=O) groups is 1. The minimum absolute atomic E-state index is 0.210. The summed E-state index contributed by atoms with van der Waals surface area (Å²) in [6.07, 6.45) is 4.62. The maximum atomic E-state index is 10.3. The Morgan fingerprint density at radius 1 is 1.53 bits per heavy atom. The molecule has 98 valence electrons. The smallest absolute Gasteiger partial charge is 0.303 e. The fraction of sp³-hybridized carbons (Fsp3) is 0.818. The zero-order valence-electron chi connectivity index (χ0n) is 9.81. The summed E-state index contributed by atoms with van der Waals surface area (Å²) in [6.45, 7) is 1.62. The molecule has 0 amide bonds. The van der Waals surface area contributed by atoms with Crippen molar-refractivity contribution in [3.8, 4) is 0 Å². The lowest BCUT2D eigenvalue weighted by Gasteiger charge is -2.23. The van der Waals surface area contributed by atoms with Crippen LogP contribution in [0.25, 0.3) is 0 Å². The van der Waals surface area contributed by atoms with Gasteiger partial charge in [-0.2, -0.15) is 0 Å². The maximum Gasteiger partial charge on any atom is 0.303 e. The van der Waals surface area contributed by atoms with Gasteiger partial charge in [0.05, 0.1) is 6.10 Å². The van der Waals surface area contributed by atoms with Gasteiger partial charge in [0.15, 0.2) is 0 Å². The van der Waals surface area contributed by atoms with Crippen molar-refractivity contribution in [3.63, 3.8) is 0 Å². The molecule has 1 unspecified atom stereocenters. The Morgan fingerprint density at radius 3 is 3.00 bits per heavy atom. The van der Waals surface area contributed by atoms with Crippen molar-refractivity contribution < 1.29 is 14.6 Å². The van der Waals surface area contributed by atoms with Gasteiger partial charge in [0.2, 0.25) is 0 Å². The molecule has 1 rings (SSSR count). The van der Waals surface area contributed by atoms with Crippen LogP contribution in [0, 0.1) is 0 Å². The average Bonchev–Trinajstić information content (AvgIpc) is 2.33. The maximum absolute atomic E-state index is 10.3. The topological polar surface area (TPSA) is 58.6 Å². The first kappa shape index (κ1) is 14.7. The molecule has 1 aliphatic heterocycles. The molecule has 0 radical (unpaired) electrons. The fourth-order valence-corrected chi connectivity index (χ4v) is 2.60. The zero-order valence-corrected chi connectivity index (χ0v) is 11.4. The lowest BCUT2D eigenvalue weighted by atomic mass is 10.1. The number of hydrogen-bond acceptors (Lipinski definition) is 4. The van der Waals surface area contributed by atoms with Gasteiger partial charge in [0, 0.05) is 25.3 Å². The van der Waals surface area contributed by atoms with Gasteiger partial charge in [-0.15, -0.1) is 0 Å². The van der Waals surface area contributed by atoms with E-state index in [-0.39, 0.29) is 12.5 Å². The van der Waals surface area contributed by atoms with E-state index >= 15 is 0 Å². The minimum atomic E-state index is -0.750. The molecule has 0 aromatic heterocycles.